The van der Waals surface area contributed by atoms with E-state index in [2.05, 4.69) is 0 Å². The average molecular weight is 305 g/mol. The fourth-order valence-corrected chi connectivity index (χ4v) is 2.80. The molecule has 2 rings (SSSR count). The van der Waals surface area contributed by atoms with Gasteiger partial charge in [0.1, 0.15) is 0 Å². The first kappa shape index (κ1) is 16.5. The molecular weight excluding hydrogens is 282 g/mol. The molecule has 1 aliphatic heterocycles. The van der Waals surface area contributed by atoms with Crippen molar-refractivity contribution in [2.24, 2.45) is 5.92 Å². The van der Waals surface area contributed by atoms with Crippen LogP contribution in [0, 0.1) is 5.92 Å². The Morgan fingerprint density at radius 3 is 2.68 bits per heavy atom. The van der Waals surface area contributed by atoms with Gasteiger partial charge in [0.2, 0.25) is 0 Å². The normalized spacial score (nSPS) is 19.5. The molecule has 1 fully saturated rings. The fraction of sp³-hybridized carbons (Fsp3) is 0.529. The lowest BCUT2D eigenvalue weighted by molar-refractivity contribution is -0.153. The van der Waals surface area contributed by atoms with E-state index < -0.39 is 6.10 Å². The predicted molar refractivity (Wildman–Crippen MR) is 82.1 cm³/mol. The van der Waals surface area contributed by atoms with Crippen LogP contribution in [0.1, 0.15) is 31.4 Å². The number of ether oxygens (including phenoxy) is 2. The summed E-state index contributed by atoms with van der Waals surface area (Å²) in [5, 5.41) is 0. The molecule has 0 aliphatic carbocycles. The molecule has 1 aliphatic rings. The molecule has 1 heterocycles. The summed E-state index contributed by atoms with van der Waals surface area (Å²) in [5.41, 5.74) is 0.827. The van der Waals surface area contributed by atoms with Crippen LogP contribution in [0.3, 0.4) is 0 Å². The highest BCUT2D eigenvalue weighted by molar-refractivity contribution is 5.83. The Kier molecular flexibility index (Phi) is 5.95. The number of benzene rings is 1. The van der Waals surface area contributed by atoms with Crippen molar-refractivity contribution in [1.29, 1.82) is 0 Å². The molecule has 120 valence electrons. The number of likely N-dealkylation sites (tertiary alicyclic amines) is 1. The SMILES string of the molecule is CCOC(=O)C1CCCN(C(=O)C(OC)c2ccccc2)C1. The quantitative estimate of drug-likeness (QED) is 0.782. The minimum Gasteiger partial charge on any atom is -0.466 e. The molecule has 0 saturated carbocycles. The molecule has 0 spiro atoms. The topological polar surface area (TPSA) is 55.8 Å². The van der Waals surface area contributed by atoms with Gasteiger partial charge in [0, 0.05) is 20.2 Å². The standard InChI is InChI=1S/C17H23NO4/c1-3-22-17(20)14-10-7-11-18(12-14)16(19)15(21-2)13-8-5-4-6-9-13/h4-6,8-9,14-15H,3,7,10-12H2,1-2H3. The van der Waals surface area contributed by atoms with E-state index in [0.29, 0.717) is 19.7 Å². The zero-order valence-corrected chi connectivity index (χ0v) is 13.2. The first-order valence-electron chi connectivity index (χ1n) is 7.70. The number of carbonyl (C=O) groups is 2. The van der Waals surface area contributed by atoms with E-state index >= 15 is 0 Å². The smallest absolute Gasteiger partial charge is 0.310 e. The van der Waals surface area contributed by atoms with Crippen molar-refractivity contribution in [3.8, 4) is 0 Å². The molecule has 2 unspecified atom stereocenters. The van der Waals surface area contributed by atoms with Gasteiger partial charge in [-0.05, 0) is 25.3 Å². The Labute approximate surface area is 131 Å². The van der Waals surface area contributed by atoms with E-state index in [1.165, 1.54) is 7.11 Å². The highest BCUT2D eigenvalue weighted by atomic mass is 16.5. The van der Waals surface area contributed by atoms with Crippen LogP contribution in [0.2, 0.25) is 0 Å². The number of nitrogens with zero attached hydrogens (tertiary/aromatic N) is 1. The van der Waals surface area contributed by atoms with Gasteiger partial charge in [-0.3, -0.25) is 9.59 Å². The maximum atomic E-state index is 12.7. The minimum atomic E-state index is -0.623. The summed E-state index contributed by atoms with van der Waals surface area (Å²) in [5.74, 6) is -0.540. The number of methoxy groups -OCH3 is 1. The monoisotopic (exact) mass is 305 g/mol. The van der Waals surface area contributed by atoms with Crippen molar-refractivity contribution < 1.29 is 19.1 Å². The lowest BCUT2D eigenvalue weighted by Gasteiger charge is -2.33. The molecule has 1 saturated heterocycles. The summed E-state index contributed by atoms with van der Waals surface area (Å²) in [6.45, 7) is 3.22. The highest BCUT2D eigenvalue weighted by Gasteiger charge is 2.33. The average Bonchev–Trinajstić information content (AvgIpc) is 2.57. The maximum absolute atomic E-state index is 12.7. The zero-order chi connectivity index (χ0) is 15.9. The third-order valence-electron chi connectivity index (χ3n) is 3.92. The van der Waals surface area contributed by atoms with Gasteiger partial charge < -0.3 is 14.4 Å². The Hall–Kier alpha value is -1.88. The Balaban J connectivity index is 2.06. The van der Waals surface area contributed by atoms with Crippen LogP contribution in [0.5, 0.6) is 0 Å². The van der Waals surface area contributed by atoms with Crippen LogP contribution in [-0.2, 0) is 19.1 Å². The van der Waals surface area contributed by atoms with Gasteiger partial charge >= 0.3 is 5.97 Å². The number of amides is 1. The molecule has 0 radical (unpaired) electrons. The van der Waals surface area contributed by atoms with Gasteiger partial charge in [-0.15, -0.1) is 0 Å². The van der Waals surface area contributed by atoms with Gasteiger partial charge in [0.25, 0.3) is 5.91 Å². The van der Waals surface area contributed by atoms with Crippen molar-refractivity contribution in [3.05, 3.63) is 35.9 Å². The summed E-state index contributed by atoms with van der Waals surface area (Å²) < 4.78 is 10.5. The number of hydrogen-bond acceptors (Lipinski definition) is 4. The Morgan fingerprint density at radius 1 is 1.32 bits per heavy atom. The van der Waals surface area contributed by atoms with E-state index in [0.717, 1.165) is 18.4 Å². The largest absolute Gasteiger partial charge is 0.466 e. The first-order valence-corrected chi connectivity index (χ1v) is 7.70. The van der Waals surface area contributed by atoms with Gasteiger partial charge in [-0.25, -0.2) is 0 Å². The number of piperidine rings is 1. The number of esters is 1. The Morgan fingerprint density at radius 2 is 2.05 bits per heavy atom. The second-order valence-corrected chi connectivity index (χ2v) is 5.40. The van der Waals surface area contributed by atoms with E-state index in [4.69, 9.17) is 9.47 Å². The number of rotatable bonds is 5. The lowest BCUT2D eigenvalue weighted by Crippen LogP contribution is -2.45. The molecule has 0 aromatic heterocycles. The third-order valence-corrected chi connectivity index (χ3v) is 3.92. The third kappa shape index (κ3) is 3.85. The first-order chi connectivity index (χ1) is 10.7. The second-order valence-electron chi connectivity index (χ2n) is 5.40. The van der Waals surface area contributed by atoms with Crippen molar-refractivity contribution >= 4 is 11.9 Å². The van der Waals surface area contributed by atoms with Crippen molar-refractivity contribution in [1.82, 2.24) is 4.90 Å². The molecule has 1 amide bonds. The summed E-state index contributed by atoms with van der Waals surface area (Å²) in [6, 6.07) is 9.41. The minimum absolute atomic E-state index is 0.0947. The number of hydrogen-bond donors (Lipinski definition) is 0. The predicted octanol–water partition coefficient (Wildman–Crippen LogP) is 2.18. The molecule has 5 nitrogen and oxygen atoms in total. The number of carbonyl (C=O) groups excluding carboxylic acids is 2. The van der Waals surface area contributed by atoms with E-state index in [1.54, 1.807) is 11.8 Å². The van der Waals surface area contributed by atoms with Crippen LogP contribution < -0.4 is 0 Å². The van der Waals surface area contributed by atoms with Crippen LogP contribution in [0.15, 0.2) is 30.3 Å². The summed E-state index contributed by atoms with van der Waals surface area (Å²) in [6.07, 6.45) is 0.952. The van der Waals surface area contributed by atoms with E-state index in [-0.39, 0.29) is 17.8 Å². The molecular formula is C17H23NO4. The van der Waals surface area contributed by atoms with Gasteiger partial charge in [0.05, 0.1) is 12.5 Å². The van der Waals surface area contributed by atoms with Gasteiger partial charge in [-0.2, -0.15) is 0 Å². The Bertz CT molecular complexity index is 503. The van der Waals surface area contributed by atoms with Crippen molar-refractivity contribution in [3.63, 3.8) is 0 Å². The summed E-state index contributed by atoms with van der Waals surface area (Å²) >= 11 is 0. The van der Waals surface area contributed by atoms with Crippen LogP contribution in [-0.4, -0.2) is 43.6 Å². The summed E-state index contributed by atoms with van der Waals surface area (Å²) in [4.78, 5) is 26.3. The summed E-state index contributed by atoms with van der Waals surface area (Å²) in [7, 11) is 1.53. The molecule has 1 aromatic rings. The molecule has 0 N–H and O–H groups in total. The van der Waals surface area contributed by atoms with E-state index in [9.17, 15) is 9.59 Å². The van der Waals surface area contributed by atoms with Crippen LogP contribution in [0.25, 0.3) is 0 Å². The zero-order valence-electron chi connectivity index (χ0n) is 13.2. The fourth-order valence-electron chi connectivity index (χ4n) is 2.80. The second kappa shape index (κ2) is 7.94. The molecule has 22 heavy (non-hydrogen) atoms. The maximum Gasteiger partial charge on any atom is 0.310 e. The molecule has 5 heteroatoms. The van der Waals surface area contributed by atoms with Gasteiger partial charge in [0.15, 0.2) is 6.10 Å². The van der Waals surface area contributed by atoms with Crippen molar-refractivity contribution in [2.45, 2.75) is 25.9 Å². The van der Waals surface area contributed by atoms with E-state index in [1.807, 2.05) is 30.3 Å². The van der Waals surface area contributed by atoms with Crippen LogP contribution in [0.4, 0.5) is 0 Å². The van der Waals surface area contributed by atoms with Gasteiger partial charge in [-0.1, -0.05) is 30.3 Å². The van der Waals surface area contributed by atoms with Crippen molar-refractivity contribution in [2.75, 3.05) is 26.8 Å². The highest BCUT2D eigenvalue weighted by Crippen LogP contribution is 2.24. The lowest BCUT2D eigenvalue weighted by atomic mass is 9.97. The molecule has 1 aromatic carbocycles. The molecule has 2 atom stereocenters. The van der Waals surface area contributed by atoms with Crippen LogP contribution >= 0.6 is 0 Å². The molecule has 0 bridgehead atoms.